The van der Waals surface area contributed by atoms with E-state index in [2.05, 4.69) is 5.10 Å². The number of nitrogens with two attached hydrogens (primary N) is 1. The minimum Gasteiger partial charge on any atom is -0.463 e. The second kappa shape index (κ2) is 2.64. The first-order chi connectivity index (χ1) is 6.84. The molecule has 14 heavy (non-hydrogen) atoms. The highest BCUT2D eigenvalue weighted by Crippen LogP contribution is 2.37. The van der Waals surface area contributed by atoms with Gasteiger partial charge in [0, 0.05) is 6.07 Å². The maximum Gasteiger partial charge on any atom is 0.154 e. The van der Waals surface area contributed by atoms with Crippen molar-refractivity contribution in [3.63, 3.8) is 0 Å². The zero-order valence-corrected chi connectivity index (χ0v) is 7.68. The van der Waals surface area contributed by atoms with Crippen LogP contribution in [0.5, 0.6) is 0 Å². The molecule has 2 heterocycles. The van der Waals surface area contributed by atoms with Crippen molar-refractivity contribution in [3.8, 4) is 11.5 Å². The van der Waals surface area contributed by atoms with Crippen molar-refractivity contribution in [2.45, 2.75) is 18.9 Å². The third-order valence-electron chi connectivity index (χ3n) is 2.43. The predicted molar refractivity (Wildman–Crippen MR) is 52.6 cm³/mol. The molecule has 0 amide bonds. The molecule has 2 N–H and O–H groups in total. The Morgan fingerprint density at radius 1 is 1.50 bits per heavy atom. The largest absolute Gasteiger partial charge is 0.463 e. The van der Waals surface area contributed by atoms with Gasteiger partial charge in [-0.1, -0.05) is 0 Å². The van der Waals surface area contributed by atoms with Crippen molar-refractivity contribution < 1.29 is 4.42 Å². The van der Waals surface area contributed by atoms with E-state index >= 15 is 0 Å². The molecule has 0 aliphatic heterocycles. The maximum atomic E-state index is 5.85. The summed E-state index contributed by atoms with van der Waals surface area (Å²) in [4.78, 5) is 0. The molecule has 1 saturated carbocycles. The Balaban J connectivity index is 2.03. The van der Waals surface area contributed by atoms with Gasteiger partial charge in [0.25, 0.3) is 0 Å². The van der Waals surface area contributed by atoms with Gasteiger partial charge in [-0.15, -0.1) is 0 Å². The summed E-state index contributed by atoms with van der Waals surface area (Å²) < 4.78 is 7.14. The van der Waals surface area contributed by atoms with Crippen molar-refractivity contribution in [2.75, 3.05) is 5.73 Å². The highest BCUT2D eigenvalue weighted by Gasteiger charge is 2.26. The molecule has 72 valence electrons. The Morgan fingerprint density at radius 2 is 2.36 bits per heavy atom. The van der Waals surface area contributed by atoms with Crippen LogP contribution in [0.3, 0.4) is 0 Å². The monoisotopic (exact) mass is 189 g/mol. The molecule has 2 aromatic heterocycles. The second-order valence-corrected chi connectivity index (χ2v) is 3.61. The maximum absolute atomic E-state index is 5.85. The minimum absolute atomic E-state index is 0.513. The average Bonchev–Trinajstić information content (AvgIpc) is 2.75. The molecule has 2 aromatic rings. The number of hydrogen-bond donors (Lipinski definition) is 1. The molecular weight excluding hydrogens is 178 g/mol. The van der Waals surface area contributed by atoms with E-state index in [0.29, 0.717) is 6.04 Å². The van der Waals surface area contributed by atoms with Crippen LogP contribution in [0.2, 0.25) is 0 Å². The lowest BCUT2D eigenvalue weighted by Gasteiger charge is -1.97. The molecule has 0 unspecified atom stereocenters. The summed E-state index contributed by atoms with van der Waals surface area (Å²) in [6, 6.07) is 6.11. The molecule has 4 nitrogen and oxygen atoms in total. The van der Waals surface area contributed by atoms with Gasteiger partial charge in [0.1, 0.15) is 11.5 Å². The van der Waals surface area contributed by atoms with Crippen molar-refractivity contribution >= 4 is 5.82 Å². The minimum atomic E-state index is 0.513. The predicted octanol–water partition coefficient (Wildman–Crippen LogP) is 2.06. The molecule has 1 aliphatic rings. The third kappa shape index (κ3) is 1.11. The molecular formula is C10H11N3O. The molecule has 0 atom stereocenters. The van der Waals surface area contributed by atoms with Gasteiger partial charge < -0.3 is 10.2 Å². The lowest BCUT2D eigenvalue weighted by molar-refractivity contribution is 0.574. The summed E-state index contributed by atoms with van der Waals surface area (Å²) in [6.45, 7) is 0. The van der Waals surface area contributed by atoms with E-state index in [1.165, 1.54) is 12.8 Å². The number of furan rings is 1. The third-order valence-corrected chi connectivity index (χ3v) is 2.43. The van der Waals surface area contributed by atoms with Crippen molar-refractivity contribution in [3.05, 3.63) is 24.5 Å². The number of aromatic nitrogens is 2. The van der Waals surface area contributed by atoms with E-state index in [1.54, 1.807) is 6.26 Å². The van der Waals surface area contributed by atoms with E-state index in [4.69, 9.17) is 10.2 Å². The van der Waals surface area contributed by atoms with Gasteiger partial charge in [0.2, 0.25) is 0 Å². The number of hydrogen-bond acceptors (Lipinski definition) is 3. The van der Waals surface area contributed by atoms with E-state index in [1.807, 2.05) is 22.9 Å². The number of rotatable bonds is 2. The van der Waals surface area contributed by atoms with Crippen LogP contribution < -0.4 is 5.73 Å². The Kier molecular flexibility index (Phi) is 1.45. The topological polar surface area (TPSA) is 57.0 Å². The Bertz CT molecular complexity index is 440. The lowest BCUT2D eigenvalue weighted by Crippen LogP contribution is -2.01. The molecule has 0 spiro atoms. The highest BCUT2D eigenvalue weighted by molar-refractivity contribution is 5.56. The van der Waals surface area contributed by atoms with Crippen LogP contribution in [0, 0.1) is 0 Å². The molecule has 0 radical (unpaired) electrons. The van der Waals surface area contributed by atoms with E-state index < -0.39 is 0 Å². The molecule has 0 aromatic carbocycles. The van der Waals surface area contributed by atoms with E-state index in [-0.39, 0.29) is 0 Å². The van der Waals surface area contributed by atoms with Gasteiger partial charge in [-0.2, -0.15) is 5.10 Å². The standard InChI is InChI=1S/C10H11N3O/c11-10-6-8(9-2-1-5-14-9)12-13(10)7-3-4-7/h1-2,5-7H,3-4,11H2. The van der Waals surface area contributed by atoms with Crippen LogP contribution in [-0.4, -0.2) is 9.78 Å². The summed E-state index contributed by atoms with van der Waals surface area (Å²) in [5, 5.41) is 4.41. The smallest absolute Gasteiger partial charge is 0.154 e. The summed E-state index contributed by atoms with van der Waals surface area (Å²) in [7, 11) is 0. The zero-order valence-electron chi connectivity index (χ0n) is 7.68. The summed E-state index contributed by atoms with van der Waals surface area (Å²) in [6.07, 6.45) is 4.01. The second-order valence-electron chi connectivity index (χ2n) is 3.61. The van der Waals surface area contributed by atoms with E-state index in [0.717, 1.165) is 17.3 Å². The Morgan fingerprint density at radius 3 is 3.00 bits per heavy atom. The van der Waals surface area contributed by atoms with Crippen LogP contribution in [0.4, 0.5) is 5.82 Å². The number of nitrogen functional groups attached to an aromatic ring is 1. The molecule has 1 aliphatic carbocycles. The summed E-state index contributed by atoms with van der Waals surface area (Å²) >= 11 is 0. The zero-order chi connectivity index (χ0) is 9.54. The fourth-order valence-electron chi connectivity index (χ4n) is 1.57. The van der Waals surface area contributed by atoms with Crippen LogP contribution in [0.15, 0.2) is 28.9 Å². The fraction of sp³-hybridized carbons (Fsp3) is 0.300. The molecule has 4 heteroatoms. The first-order valence-electron chi connectivity index (χ1n) is 4.73. The summed E-state index contributed by atoms with van der Waals surface area (Å²) in [5.41, 5.74) is 6.67. The fourth-order valence-corrected chi connectivity index (χ4v) is 1.57. The Hall–Kier alpha value is -1.71. The van der Waals surface area contributed by atoms with Gasteiger partial charge in [0.05, 0.1) is 12.3 Å². The first kappa shape index (κ1) is 7.67. The van der Waals surface area contributed by atoms with E-state index in [9.17, 15) is 0 Å². The molecule has 0 saturated heterocycles. The van der Waals surface area contributed by atoms with Crippen LogP contribution in [0.25, 0.3) is 11.5 Å². The van der Waals surface area contributed by atoms with Crippen LogP contribution >= 0.6 is 0 Å². The number of nitrogens with zero attached hydrogens (tertiary/aromatic N) is 2. The quantitative estimate of drug-likeness (QED) is 0.786. The Labute approximate surface area is 81.3 Å². The summed E-state index contributed by atoms with van der Waals surface area (Å²) in [5.74, 6) is 1.50. The molecule has 0 bridgehead atoms. The van der Waals surface area contributed by atoms with Gasteiger partial charge in [-0.3, -0.25) is 0 Å². The first-order valence-corrected chi connectivity index (χ1v) is 4.73. The van der Waals surface area contributed by atoms with Gasteiger partial charge in [-0.05, 0) is 25.0 Å². The lowest BCUT2D eigenvalue weighted by atomic mass is 10.3. The van der Waals surface area contributed by atoms with Crippen molar-refractivity contribution in [2.24, 2.45) is 0 Å². The van der Waals surface area contributed by atoms with Gasteiger partial charge >= 0.3 is 0 Å². The van der Waals surface area contributed by atoms with Crippen molar-refractivity contribution in [1.29, 1.82) is 0 Å². The molecule has 1 fully saturated rings. The van der Waals surface area contributed by atoms with Crippen LogP contribution in [-0.2, 0) is 0 Å². The highest BCUT2D eigenvalue weighted by atomic mass is 16.3. The molecule has 3 rings (SSSR count). The number of anilines is 1. The van der Waals surface area contributed by atoms with Gasteiger partial charge in [-0.25, -0.2) is 4.68 Å². The average molecular weight is 189 g/mol. The van der Waals surface area contributed by atoms with Gasteiger partial charge in [0.15, 0.2) is 5.76 Å². The normalized spacial score (nSPS) is 16.0. The SMILES string of the molecule is Nc1cc(-c2ccco2)nn1C1CC1. The van der Waals surface area contributed by atoms with Crippen molar-refractivity contribution in [1.82, 2.24) is 9.78 Å². The van der Waals surface area contributed by atoms with Crippen LogP contribution in [0.1, 0.15) is 18.9 Å².